The molecule has 3 nitrogen and oxygen atoms in total. The van der Waals surface area contributed by atoms with E-state index in [1.807, 2.05) is 19.9 Å². The summed E-state index contributed by atoms with van der Waals surface area (Å²) >= 11 is 0. The van der Waals surface area contributed by atoms with E-state index in [-0.39, 0.29) is 4.90 Å². The third-order valence-electron chi connectivity index (χ3n) is 5.12. The smallest absolute Gasteiger partial charge is 0.251 e. The summed E-state index contributed by atoms with van der Waals surface area (Å²) in [6.45, 7) is 3.83. The molecule has 0 aliphatic carbocycles. The third kappa shape index (κ3) is 5.34. The number of unbranched alkanes of at least 4 members (excludes halogenated alkanes) is 1. The molecule has 3 aromatic rings. The van der Waals surface area contributed by atoms with E-state index in [0.717, 1.165) is 24.1 Å². The summed E-state index contributed by atoms with van der Waals surface area (Å²) in [6, 6.07) is 16.5. The van der Waals surface area contributed by atoms with E-state index >= 15 is 0 Å². The van der Waals surface area contributed by atoms with Crippen LogP contribution >= 0.6 is 0 Å². The van der Waals surface area contributed by atoms with Crippen molar-refractivity contribution in [3.8, 4) is 11.3 Å². The fourth-order valence-electron chi connectivity index (χ4n) is 3.43. The van der Waals surface area contributed by atoms with Crippen molar-refractivity contribution in [1.29, 1.82) is 0 Å². The van der Waals surface area contributed by atoms with Crippen LogP contribution in [0.2, 0.25) is 0 Å². The lowest BCUT2D eigenvalue weighted by Gasteiger charge is -2.18. The molecule has 0 radical (unpaired) electrons. The summed E-state index contributed by atoms with van der Waals surface area (Å²) < 4.78 is 65.4. The number of pyridine rings is 1. The predicted octanol–water partition coefficient (Wildman–Crippen LogP) is 6.78. The Morgan fingerprint density at radius 1 is 0.968 bits per heavy atom. The zero-order valence-corrected chi connectivity index (χ0v) is 18.2. The predicted molar refractivity (Wildman–Crippen MR) is 115 cm³/mol. The van der Waals surface area contributed by atoms with Gasteiger partial charge in [0.1, 0.15) is 5.25 Å². The highest BCUT2D eigenvalue weighted by atomic mass is 32.2. The van der Waals surface area contributed by atoms with Gasteiger partial charge >= 0.3 is 6.18 Å². The fourth-order valence-corrected chi connectivity index (χ4v) is 5.30. The highest BCUT2D eigenvalue weighted by Gasteiger charge is 2.31. The SMILES string of the molecule is CCCCC(c1cccc(-c2ccc(C(F)(F)F)cc2)n1)S(=O)(=O)c1cccc(C)c1. The minimum atomic E-state index is -4.42. The van der Waals surface area contributed by atoms with Gasteiger partial charge in [0.25, 0.3) is 0 Å². The quantitative estimate of drug-likeness (QED) is 0.401. The standard InChI is InChI=1S/C24H24F3NO2S/c1-3-4-11-23(31(29,30)20-8-5-7-17(2)16-20)22-10-6-9-21(28-22)18-12-14-19(15-13-18)24(25,26)27/h5-10,12-16,23H,3-4,11H2,1-2H3. The molecule has 3 rings (SSSR count). The number of aromatic nitrogens is 1. The minimum Gasteiger partial charge on any atom is -0.251 e. The van der Waals surface area contributed by atoms with Crippen LogP contribution in [0.25, 0.3) is 11.3 Å². The molecular formula is C24H24F3NO2S. The lowest BCUT2D eigenvalue weighted by molar-refractivity contribution is -0.137. The monoisotopic (exact) mass is 447 g/mol. The number of aryl methyl sites for hydroxylation is 1. The number of benzene rings is 2. The summed E-state index contributed by atoms with van der Waals surface area (Å²) in [5.41, 5.74) is 1.44. The van der Waals surface area contributed by atoms with Gasteiger partial charge < -0.3 is 0 Å². The van der Waals surface area contributed by atoms with E-state index < -0.39 is 26.8 Å². The Morgan fingerprint density at radius 2 is 1.65 bits per heavy atom. The summed E-state index contributed by atoms with van der Waals surface area (Å²) in [7, 11) is -3.69. The van der Waals surface area contributed by atoms with Gasteiger partial charge in [-0.1, -0.05) is 50.1 Å². The van der Waals surface area contributed by atoms with Crippen LogP contribution in [0.5, 0.6) is 0 Å². The first-order valence-electron chi connectivity index (χ1n) is 10.1. The molecule has 7 heteroatoms. The van der Waals surface area contributed by atoms with Gasteiger partial charge in [-0.2, -0.15) is 13.2 Å². The molecule has 0 fully saturated rings. The largest absolute Gasteiger partial charge is 0.416 e. The molecule has 1 atom stereocenters. The number of nitrogens with zero attached hydrogens (tertiary/aromatic N) is 1. The van der Waals surface area contributed by atoms with E-state index in [4.69, 9.17) is 0 Å². The maximum atomic E-state index is 13.4. The molecule has 1 unspecified atom stereocenters. The summed E-state index contributed by atoms with van der Waals surface area (Å²) in [5.74, 6) is 0. The molecule has 164 valence electrons. The first-order chi connectivity index (χ1) is 14.6. The average Bonchev–Trinajstić information content (AvgIpc) is 2.73. The maximum absolute atomic E-state index is 13.4. The van der Waals surface area contributed by atoms with Gasteiger partial charge in [-0.05, 0) is 55.3 Å². The van der Waals surface area contributed by atoms with Gasteiger partial charge in [0, 0.05) is 5.56 Å². The molecule has 0 aliphatic rings. The van der Waals surface area contributed by atoms with Gasteiger partial charge in [-0.3, -0.25) is 4.98 Å². The zero-order valence-electron chi connectivity index (χ0n) is 17.4. The first-order valence-corrected chi connectivity index (χ1v) is 11.6. The van der Waals surface area contributed by atoms with E-state index in [0.29, 0.717) is 29.8 Å². The highest BCUT2D eigenvalue weighted by Crippen LogP contribution is 2.34. The van der Waals surface area contributed by atoms with Crippen molar-refractivity contribution in [2.75, 3.05) is 0 Å². The number of hydrogen-bond donors (Lipinski definition) is 0. The lowest BCUT2D eigenvalue weighted by atomic mass is 10.1. The second-order valence-corrected chi connectivity index (χ2v) is 9.65. The van der Waals surface area contributed by atoms with E-state index in [2.05, 4.69) is 4.98 Å². The molecule has 0 amide bonds. The van der Waals surface area contributed by atoms with Gasteiger partial charge in [-0.15, -0.1) is 0 Å². The number of alkyl halides is 3. The van der Waals surface area contributed by atoms with E-state index in [1.165, 1.54) is 12.1 Å². The Kier molecular flexibility index (Phi) is 6.84. The van der Waals surface area contributed by atoms with Crippen LogP contribution in [0, 0.1) is 6.92 Å². The number of halogens is 3. The zero-order chi connectivity index (χ0) is 22.6. The van der Waals surface area contributed by atoms with Gasteiger partial charge in [0.05, 0.1) is 21.8 Å². The maximum Gasteiger partial charge on any atom is 0.416 e. The lowest BCUT2D eigenvalue weighted by Crippen LogP contribution is -2.16. The fraction of sp³-hybridized carbons (Fsp3) is 0.292. The number of rotatable bonds is 7. The Morgan fingerprint density at radius 3 is 2.26 bits per heavy atom. The van der Waals surface area contributed by atoms with Crippen molar-refractivity contribution in [2.45, 2.75) is 49.4 Å². The van der Waals surface area contributed by atoms with Crippen LogP contribution < -0.4 is 0 Å². The summed E-state index contributed by atoms with van der Waals surface area (Å²) in [4.78, 5) is 4.79. The Labute approximate surface area is 180 Å². The Bertz CT molecular complexity index is 1140. The first kappa shape index (κ1) is 23.0. The Hall–Kier alpha value is -2.67. The molecular weight excluding hydrogens is 423 g/mol. The van der Waals surface area contributed by atoms with Gasteiger partial charge in [0.15, 0.2) is 9.84 Å². The summed E-state index contributed by atoms with van der Waals surface area (Å²) in [6.07, 6.45) is -2.46. The van der Waals surface area contributed by atoms with Gasteiger partial charge in [0.2, 0.25) is 0 Å². The van der Waals surface area contributed by atoms with Crippen molar-refractivity contribution in [1.82, 2.24) is 4.98 Å². The van der Waals surface area contributed by atoms with Crippen LogP contribution in [-0.4, -0.2) is 13.4 Å². The second kappa shape index (κ2) is 9.22. The Balaban J connectivity index is 2.01. The van der Waals surface area contributed by atoms with Crippen LogP contribution in [0.1, 0.15) is 48.3 Å². The topological polar surface area (TPSA) is 47.0 Å². The third-order valence-corrected chi connectivity index (χ3v) is 7.26. The van der Waals surface area contributed by atoms with Crippen LogP contribution in [0.3, 0.4) is 0 Å². The van der Waals surface area contributed by atoms with Crippen molar-refractivity contribution >= 4 is 9.84 Å². The molecule has 0 bridgehead atoms. The molecule has 0 spiro atoms. The molecule has 0 saturated heterocycles. The number of sulfone groups is 1. The normalized spacial score (nSPS) is 13.2. The molecule has 0 N–H and O–H groups in total. The van der Waals surface area contributed by atoms with Crippen molar-refractivity contribution in [3.63, 3.8) is 0 Å². The van der Waals surface area contributed by atoms with Crippen LogP contribution in [0.15, 0.2) is 71.6 Å². The second-order valence-electron chi connectivity index (χ2n) is 7.52. The summed E-state index contributed by atoms with van der Waals surface area (Å²) in [5, 5.41) is -0.830. The van der Waals surface area contributed by atoms with Gasteiger partial charge in [-0.25, -0.2) is 8.42 Å². The molecule has 0 saturated carbocycles. The molecule has 0 aliphatic heterocycles. The molecule has 1 aromatic heterocycles. The minimum absolute atomic E-state index is 0.246. The van der Waals surface area contributed by atoms with Crippen molar-refractivity contribution in [2.24, 2.45) is 0 Å². The molecule has 31 heavy (non-hydrogen) atoms. The van der Waals surface area contributed by atoms with E-state index in [1.54, 1.807) is 36.4 Å². The van der Waals surface area contributed by atoms with Crippen LogP contribution in [0.4, 0.5) is 13.2 Å². The number of hydrogen-bond acceptors (Lipinski definition) is 3. The van der Waals surface area contributed by atoms with E-state index in [9.17, 15) is 21.6 Å². The molecule has 2 aromatic carbocycles. The van der Waals surface area contributed by atoms with Crippen LogP contribution in [-0.2, 0) is 16.0 Å². The molecule has 1 heterocycles. The average molecular weight is 448 g/mol. The van der Waals surface area contributed by atoms with Crippen molar-refractivity contribution < 1.29 is 21.6 Å². The highest BCUT2D eigenvalue weighted by molar-refractivity contribution is 7.91. The van der Waals surface area contributed by atoms with Crippen molar-refractivity contribution in [3.05, 3.63) is 83.6 Å².